The van der Waals surface area contributed by atoms with Crippen molar-refractivity contribution in [3.63, 3.8) is 0 Å². The van der Waals surface area contributed by atoms with Crippen molar-refractivity contribution < 1.29 is 4.42 Å². The van der Waals surface area contributed by atoms with Crippen LogP contribution in [0.5, 0.6) is 0 Å². The minimum Gasteiger partial charge on any atom is -0.408 e. The first-order chi connectivity index (χ1) is 9.69. The Bertz CT molecular complexity index is 803. The molecule has 102 valence electrons. The number of oxazole rings is 1. The van der Waals surface area contributed by atoms with E-state index in [9.17, 15) is 4.79 Å². The molecule has 3 rings (SSSR count). The monoisotopic (exact) mass is 331 g/mol. The van der Waals surface area contributed by atoms with E-state index in [1.807, 2.05) is 24.3 Å². The van der Waals surface area contributed by atoms with Gasteiger partial charge >= 0.3 is 5.76 Å². The van der Waals surface area contributed by atoms with E-state index < -0.39 is 5.76 Å². The van der Waals surface area contributed by atoms with Crippen LogP contribution in [-0.4, -0.2) is 4.98 Å². The summed E-state index contributed by atoms with van der Waals surface area (Å²) in [5.74, 6) is -0.419. The third-order valence-corrected chi connectivity index (χ3v) is 4.47. The molecule has 0 aliphatic rings. The highest BCUT2D eigenvalue weighted by molar-refractivity contribution is 9.09. The minimum atomic E-state index is -0.419. The van der Waals surface area contributed by atoms with Crippen molar-refractivity contribution in [2.24, 2.45) is 0 Å². The van der Waals surface area contributed by atoms with Crippen molar-refractivity contribution in [1.29, 1.82) is 0 Å². The van der Waals surface area contributed by atoms with Crippen LogP contribution in [0.25, 0.3) is 11.1 Å². The molecule has 0 spiro atoms. The zero-order valence-electron chi connectivity index (χ0n) is 11.0. The Morgan fingerprint density at radius 2 is 2.05 bits per heavy atom. The van der Waals surface area contributed by atoms with Gasteiger partial charge in [-0.05, 0) is 35.2 Å². The topological polar surface area (TPSA) is 46.0 Å². The van der Waals surface area contributed by atoms with Crippen LogP contribution in [-0.2, 0) is 6.42 Å². The summed E-state index contributed by atoms with van der Waals surface area (Å²) in [6, 6.07) is 14.1. The number of benzene rings is 2. The number of aryl methyl sites for hydroxylation is 1. The molecule has 3 nitrogen and oxygen atoms in total. The van der Waals surface area contributed by atoms with Crippen molar-refractivity contribution in [2.45, 2.75) is 18.2 Å². The second kappa shape index (κ2) is 5.29. The molecule has 0 radical (unpaired) electrons. The van der Waals surface area contributed by atoms with Gasteiger partial charge in [0.1, 0.15) is 0 Å². The molecular formula is C16H14BrNO2. The van der Waals surface area contributed by atoms with Gasteiger partial charge in [-0.2, -0.15) is 0 Å². The minimum absolute atomic E-state index is 0.0863. The van der Waals surface area contributed by atoms with E-state index in [4.69, 9.17) is 4.42 Å². The van der Waals surface area contributed by atoms with Crippen LogP contribution in [0.2, 0.25) is 0 Å². The summed E-state index contributed by atoms with van der Waals surface area (Å²) in [7, 11) is 0. The summed E-state index contributed by atoms with van der Waals surface area (Å²) in [5, 5.41) is 0. The molecule has 0 bridgehead atoms. The maximum Gasteiger partial charge on any atom is 0.417 e. The highest BCUT2D eigenvalue weighted by Crippen LogP contribution is 2.34. The Balaban J connectivity index is 2.07. The molecule has 0 amide bonds. The predicted molar refractivity (Wildman–Crippen MR) is 83.4 cm³/mol. The number of alkyl halides is 1. The molecule has 0 saturated heterocycles. The number of fused-ring (bicyclic) bond motifs is 1. The Morgan fingerprint density at radius 3 is 2.85 bits per heavy atom. The Hall–Kier alpha value is -1.81. The molecule has 0 saturated carbocycles. The summed E-state index contributed by atoms with van der Waals surface area (Å²) in [6.07, 6.45) is 0.986. The fraction of sp³-hybridized carbons (Fsp3) is 0.188. The van der Waals surface area contributed by atoms with Crippen LogP contribution in [0.15, 0.2) is 51.7 Å². The van der Waals surface area contributed by atoms with Crippen LogP contribution < -0.4 is 5.76 Å². The summed E-state index contributed by atoms with van der Waals surface area (Å²) < 4.78 is 5.12. The van der Waals surface area contributed by atoms with Gasteiger partial charge in [-0.1, -0.05) is 53.2 Å². The average Bonchev–Trinajstić information content (AvgIpc) is 2.85. The quantitative estimate of drug-likeness (QED) is 0.732. The first kappa shape index (κ1) is 13.2. The number of hydrogen-bond acceptors (Lipinski definition) is 2. The molecule has 1 N–H and O–H groups in total. The van der Waals surface area contributed by atoms with E-state index >= 15 is 0 Å². The van der Waals surface area contributed by atoms with Gasteiger partial charge in [-0.15, -0.1) is 0 Å². The normalized spacial score (nSPS) is 12.7. The van der Waals surface area contributed by atoms with Gasteiger partial charge in [0.15, 0.2) is 5.58 Å². The lowest BCUT2D eigenvalue weighted by atomic mass is 9.98. The highest BCUT2D eigenvalue weighted by atomic mass is 79.9. The lowest BCUT2D eigenvalue weighted by molar-refractivity contribution is 0.555. The molecule has 0 aliphatic carbocycles. The lowest BCUT2D eigenvalue weighted by Gasteiger charge is -2.14. The van der Waals surface area contributed by atoms with Crippen LogP contribution in [0.3, 0.4) is 0 Å². The van der Waals surface area contributed by atoms with Gasteiger partial charge in [-0.25, -0.2) is 4.79 Å². The molecule has 20 heavy (non-hydrogen) atoms. The van der Waals surface area contributed by atoms with Crippen LogP contribution in [0.1, 0.15) is 28.4 Å². The third-order valence-electron chi connectivity index (χ3n) is 3.45. The predicted octanol–water partition coefficient (Wildman–Crippen LogP) is 4.17. The van der Waals surface area contributed by atoms with Crippen molar-refractivity contribution in [3.8, 4) is 0 Å². The van der Waals surface area contributed by atoms with Gasteiger partial charge in [0.2, 0.25) is 0 Å². The number of H-pyrrole nitrogens is 1. The van der Waals surface area contributed by atoms with Crippen molar-refractivity contribution in [1.82, 2.24) is 4.98 Å². The van der Waals surface area contributed by atoms with Crippen LogP contribution in [0.4, 0.5) is 0 Å². The van der Waals surface area contributed by atoms with E-state index in [1.54, 1.807) is 0 Å². The SMILES string of the molecule is CCc1ccccc1C(Br)c1ccc2[nH]c(=O)oc2c1. The molecule has 1 aromatic heterocycles. The lowest BCUT2D eigenvalue weighted by Crippen LogP contribution is -1.97. The second-order valence-corrected chi connectivity index (χ2v) is 5.60. The standard InChI is InChI=1S/C16H14BrNO2/c1-2-10-5-3-4-6-12(10)15(17)11-7-8-13-14(9-11)20-16(19)18-13/h3-9,15H,2H2,1H3,(H,18,19). The average molecular weight is 332 g/mol. The number of nitrogens with one attached hydrogen (secondary N) is 1. The zero-order valence-corrected chi connectivity index (χ0v) is 12.6. The van der Waals surface area contributed by atoms with E-state index in [2.05, 4.69) is 46.0 Å². The summed E-state index contributed by atoms with van der Waals surface area (Å²) in [5.41, 5.74) is 4.94. The van der Waals surface area contributed by atoms with Crippen molar-refractivity contribution in [2.75, 3.05) is 0 Å². The van der Waals surface area contributed by atoms with Crippen molar-refractivity contribution >= 4 is 27.0 Å². The molecule has 1 atom stereocenters. The van der Waals surface area contributed by atoms with Crippen LogP contribution >= 0.6 is 15.9 Å². The summed E-state index contributed by atoms with van der Waals surface area (Å²) in [6.45, 7) is 2.15. The summed E-state index contributed by atoms with van der Waals surface area (Å²) in [4.78, 5) is 13.9. The first-order valence-corrected chi connectivity index (χ1v) is 7.45. The van der Waals surface area contributed by atoms with Crippen LogP contribution in [0, 0.1) is 0 Å². The number of hydrogen-bond donors (Lipinski definition) is 1. The number of aromatic nitrogens is 1. The Morgan fingerprint density at radius 1 is 1.25 bits per heavy atom. The Labute approximate surface area is 124 Å². The van der Waals surface area contributed by atoms with Gasteiger partial charge in [-0.3, -0.25) is 4.98 Å². The molecule has 0 fully saturated rings. The van der Waals surface area contributed by atoms with Gasteiger partial charge in [0.05, 0.1) is 10.3 Å². The maximum atomic E-state index is 11.2. The maximum absolute atomic E-state index is 11.2. The van der Waals surface area contributed by atoms with Crippen molar-refractivity contribution in [3.05, 3.63) is 69.7 Å². The fourth-order valence-electron chi connectivity index (χ4n) is 2.40. The Kier molecular flexibility index (Phi) is 3.49. The van der Waals surface area contributed by atoms with E-state index in [-0.39, 0.29) is 4.83 Å². The van der Waals surface area contributed by atoms with Gasteiger partial charge in [0, 0.05) is 0 Å². The molecule has 3 aromatic rings. The largest absolute Gasteiger partial charge is 0.417 e. The smallest absolute Gasteiger partial charge is 0.408 e. The van der Waals surface area contributed by atoms with E-state index in [0.717, 1.165) is 17.5 Å². The van der Waals surface area contributed by atoms with E-state index in [0.29, 0.717) is 5.58 Å². The van der Waals surface area contributed by atoms with Gasteiger partial charge in [0.25, 0.3) is 0 Å². The molecular weight excluding hydrogens is 318 g/mol. The number of rotatable bonds is 3. The molecule has 0 aliphatic heterocycles. The zero-order chi connectivity index (χ0) is 14.1. The highest BCUT2D eigenvalue weighted by Gasteiger charge is 2.14. The second-order valence-electron chi connectivity index (χ2n) is 4.69. The molecule has 4 heteroatoms. The third kappa shape index (κ3) is 2.31. The molecule has 1 unspecified atom stereocenters. The fourth-order valence-corrected chi connectivity index (χ4v) is 3.13. The first-order valence-electron chi connectivity index (χ1n) is 6.53. The number of aromatic amines is 1. The molecule has 1 heterocycles. The summed E-state index contributed by atoms with van der Waals surface area (Å²) >= 11 is 3.75. The number of halogens is 1. The van der Waals surface area contributed by atoms with E-state index in [1.165, 1.54) is 11.1 Å². The molecule has 2 aromatic carbocycles. The van der Waals surface area contributed by atoms with Gasteiger partial charge < -0.3 is 4.42 Å².